The molecule has 2 aromatic rings. The van der Waals surface area contributed by atoms with Crippen LogP contribution in [0.2, 0.25) is 0 Å². The lowest BCUT2D eigenvalue weighted by molar-refractivity contribution is 0.413. The first-order valence-electron chi connectivity index (χ1n) is 10.0. The van der Waals surface area contributed by atoms with E-state index in [0.29, 0.717) is 0 Å². The van der Waals surface area contributed by atoms with Gasteiger partial charge in [0.15, 0.2) is 0 Å². The van der Waals surface area contributed by atoms with Gasteiger partial charge in [0.1, 0.15) is 11.5 Å². The van der Waals surface area contributed by atoms with E-state index in [4.69, 9.17) is 9.47 Å². The fraction of sp³-hybridized carbons (Fsp3) is 0.455. The second-order valence-corrected chi connectivity index (χ2v) is 6.82. The smallest absolute Gasteiger partial charge is 0.142 e. The molecule has 0 spiro atoms. The van der Waals surface area contributed by atoms with Crippen LogP contribution in [0.25, 0.3) is 0 Å². The normalized spacial score (nSPS) is 16.8. The quantitative estimate of drug-likeness (QED) is 0.843. The second-order valence-electron chi connectivity index (χ2n) is 6.82. The van der Waals surface area contributed by atoms with Crippen molar-refractivity contribution in [2.75, 3.05) is 76.4 Å². The third-order valence-electron chi connectivity index (χ3n) is 5.09. The number of nitrogens with one attached hydrogen (secondary N) is 2. The van der Waals surface area contributed by atoms with Gasteiger partial charge in [0.2, 0.25) is 0 Å². The van der Waals surface area contributed by atoms with Gasteiger partial charge in [0.25, 0.3) is 0 Å². The summed E-state index contributed by atoms with van der Waals surface area (Å²) in [5.74, 6) is 1.93. The van der Waals surface area contributed by atoms with Crippen LogP contribution >= 0.6 is 0 Å². The molecule has 6 nitrogen and oxygen atoms in total. The Morgan fingerprint density at radius 1 is 0.607 bits per heavy atom. The SMILES string of the molecule is COc1ccccc1N1CCNCC1.COc1ccccc1N1CCNCC1. The molecule has 4 rings (SSSR count). The number of rotatable bonds is 4. The second kappa shape index (κ2) is 10.8. The first-order valence-corrected chi connectivity index (χ1v) is 10.0. The molecule has 2 aromatic carbocycles. The van der Waals surface area contributed by atoms with Gasteiger partial charge in [-0.15, -0.1) is 0 Å². The number of nitrogens with zero attached hydrogens (tertiary/aromatic N) is 2. The van der Waals surface area contributed by atoms with E-state index in [9.17, 15) is 0 Å². The zero-order valence-electron chi connectivity index (χ0n) is 17.0. The van der Waals surface area contributed by atoms with Crippen molar-refractivity contribution in [2.24, 2.45) is 0 Å². The Hall–Kier alpha value is -2.44. The van der Waals surface area contributed by atoms with Gasteiger partial charge in [-0.1, -0.05) is 24.3 Å². The minimum atomic E-state index is 0.967. The third-order valence-corrected chi connectivity index (χ3v) is 5.09. The minimum absolute atomic E-state index is 0.967. The highest BCUT2D eigenvalue weighted by atomic mass is 16.5. The van der Waals surface area contributed by atoms with Gasteiger partial charge in [0.05, 0.1) is 25.6 Å². The third kappa shape index (κ3) is 5.30. The molecular formula is C22H32N4O2. The molecule has 0 radical (unpaired) electrons. The highest BCUT2D eigenvalue weighted by Gasteiger charge is 2.14. The van der Waals surface area contributed by atoms with Crippen molar-refractivity contribution >= 4 is 11.4 Å². The van der Waals surface area contributed by atoms with Crippen LogP contribution < -0.4 is 29.9 Å². The largest absolute Gasteiger partial charge is 0.495 e. The molecule has 2 aliphatic rings. The van der Waals surface area contributed by atoms with E-state index in [1.807, 2.05) is 24.3 Å². The molecule has 0 aromatic heterocycles. The lowest BCUT2D eigenvalue weighted by Crippen LogP contribution is -2.43. The summed E-state index contributed by atoms with van der Waals surface area (Å²) in [6, 6.07) is 16.4. The summed E-state index contributed by atoms with van der Waals surface area (Å²) in [6.07, 6.45) is 0. The summed E-state index contributed by atoms with van der Waals surface area (Å²) in [4.78, 5) is 4.71. The number of ether oxygens (including phenoxy) is 2. The van der Waals surface area contributed by atoms with Crippen molar-refractivity contribution < 1.29 is 9.47 Å². The molecular weight excluding hydrogens is 352 g/mol. The number of methoxy groups -OCH3 is 2. The Morgan fingerprint density at radius 2 is 0.964 bits per heavy atom. The number of hydrogen-bond donors (Lipinski definition) is 2. The van der Waals surface area contributed by atoms with Crippen molar-refractivity contribution in [3.63, 3.8) is 0 Å². The van der Waals surface area contributed by atoms with Crippen molar-refractivity contribution in [1.29, 1.82) is 0 Å². The lowest BCUT2D eigenvalue weighted by Gasteiger charge is -2.30. The number of hydrogen-bond acceptors (Lipinski definition) is 6. The fourth-order valence-corrected chi connectivity index (χ4v) is 3.59. The van der Waals surface area contributed by atoms with Crippen LogP contribution in [-0.4, -0.2) is 66.6 Å². The van der Waals surface area contributed by atoms with E-state index in [0.717, 1.165) is 63.9 Å². The molecule has 0 amide bonds. The maximum Gasteiger partial charge on any atom is 0.142 e. The Labute approximate surface area is 168 Å². The first kappa shape index (κ1) is 20.3. The van der Waals surface area contributed by atoms with Gasteiger partial charge in [-0.2, -0.15) is 0 Å². The average molecular weight is 385 g/mol. The van der Waals surface area contributed by atoms with E-state index >= 15 is 0 Å². The molecule has 152 valence electrons. The summed E-state index contributed by atoms with van der Waals surface area (Å²) in [7, 11) is 3.45. The van der Waals surface area contributed by atoms with Crippen LogP contribution in [-0.2, 0) is 0 Å². The van der Waals surface area contributed by atoms with Gasteiger partial charge in [-0.25, -0.2) is 0 Å². The maximum atomic E-state index is 5.34. The molecule has 0 saturated carbocycles. The average Bonchev–Trinajstić information content (AvgIpc) is 2.80. The standard InChI is InChI=1S/2C11H16N2O/c2*1-14-11-5-3-2-4-10(11)13-8-6-12-7-9-13/h2*2-5,12H,6-9H2,1H3. The summed E-state index contributed by atoms with van der Waals surface area (Å²) in [5.41, 5.74) is 2.41. The van der Waals surface area contributed by atoms with E-state index in [2.05, 4.69) is 44.7 Å². The van der Waals surface area contributed by atoms with Crippen LogP contribution in [0, 0.1) is 0 Å². The Balaban J connectivity index is 0.000000161. The number of para-hydroxylation sites is 4. The topological polar surface area (TPSA) is 49.0 Å². The Kier molecular flexibility index (Phi) is 7.82. The minimum Gasteiger partial charge on any atom is -0.495 e. The summed E-state index contributed by atoms with van der Waals surface area (Å²) in [5, 5.41) is 6.68. The molecule has 2 fully saturated rings. The molecule has 2 heterocycles. The highest BCUT2D eigenvalue weighted by Crippen LogP contribution is 2.28. The van der Waals surface area contributed by atoms with E-state index in [-0.39, 0.29) is 0 Å². The number of anilines is 2. The number of benzene rings is 2. The number of piperazine rings is 2. The van der Waals surface area contributed by atoms with Crippen LogP contribution in [0.4, 0.5) is 11.4 Å². The van der Waals surface area contributed by atoms with Gasteiger partial charge in [-0.3, -0.25) is 0 Å². The van der Waals surface area contributed by atoms with Crippen molar-refractivity contribution in [3.05, 3.63) is 48.5 Å². The fourth-order valence-electron chi connectivity index (χ4n) is 3.59. The highest BCUT2D eigenvalue weighted by molar-refractivity contribution is 5.59. The van der Waals surface area contributed by atoms with Crippen LogP contribution in [0.5, 0.6) is 11.5 Å². The van der Waals surface area contributed by atoms with Crippen LogP contribution in [0.1, 0.15) is 0 Å². The lowest BCUT2D eigenvalue weighted by atomic mass is 10.2. The van der Waals surface area contributed by atoms with Crippen LogP contribution in [0.3, 0.4) is 0 Å². The molecule has 6 heteroatoms. The van der Waals surface area contributed by atoms with E-state index in [1.165, 1.54) is 11.4 Å². The van der Waals surface area contributed by atoms with Gasteiger partial charge >= 0.3 is 0 Å². The molecule has 2 aliphatic heterocycles. The Morgan fingerprint density at radius 3 is 1.32 bits per heavy atom. The van der Waals surface area contributed by atoms with Crippen molar-refractivity contribution in [2.45, 2.75) is 0 Å². The summed E-state index contributed by atoms with van der Waals surface area (Å²) in [6.45, 7) is 8.44. The molecule has 2 N–H and O–H groups in total. The van der Waals surface area contributed by atoms with Gasteiger partial charge < -0.3 is 29.9 Å². The zero-order valence-corrected chi connectivity index (χ0v) is 17.0. The predicted molar refractivity (Wildman–Crippen MR) is 116 cm³/mol. The molecule has 0 unspecified atom stereocenters. The van der Waals surface area contributed by atoms with E-state index in [1.54, 1.807) is 14.2 Å². The van der Waals surface area contributed by atoms with Gasteiger partial charge in [-0.05, 0) is 24.3 Å². The first-order chi connectivity index (χ1) is 13.8. The monoisotopic (exact) mass is 384 g/mol. The molecule has 28 heavy (non-hydrogen) atoms. The molecule has 2 saturated heterocycles. The van der Waals surface area contributed by atoms with E-state index < -0.39 is 0 Å². The maximum absolute atomic E-state index is 5.34. The predicted octanol–water partition coefficient (Wildman–Crippen LogP) is 2.21. The van der Waals surface area contributed by atoms with Gasteiger partial charge in [0, 0.05) is 52.4 Å². The zero-order chi connectivity index (χ0) is 19.6. The van der Waals surface area contributed by atoms with Crippen molar-refractivity contribution in [3.8, 4) is 11.5 Å². The van der Waals surface area contributed by atoms with Crippen molar-refractivity contribution in [1.82, 2.24) is 10.6 Å². The molecule has 0 aliphatic carbocycles. The summed E-state index contributed by atoms with van der Waals surface area (Å²) >= 11 is 0. The van der Waals surface area contributed by atoms with Crippen LogP contribution in [0.15, 0.2) is 48.5 Å². The molecule has 0 bridgehead atoms. The molecule has 0 atom stereocenters. The summed E-state index contributed by atoms with van der Waals surface area (Å²) < 4.78 is 10.7. The Bertz CT molecular complexity index is 652.